The Hall–Kier alpha value is -1.32. The summed E-state index contributed by atoms with van der Waals surface area (Å²) in [6.07, 6.45) is 7.99. The van der Waals surface area contributed by atoms with E-state index in [1.165, 1.54) is 19.3 Å². The number of rotatable bonds is 6. The lowest BCUT2D eigenvalue weighted by atomic mass is 9.44. The van der Waals surface area contributed by atoms with Gasteiger partial charge in [-0.3, -0.25) is 0 Å². The molecule has 0 aromatic rings. The molecule has 0 aromatic carbocycles. The van der Waals surface area contributed by atoms with Crippen LogP contribution in [0.15, 0.2) is 12.7 Å². The van der Waals surface area contributed by atoms with Crippen molar-refractivity contribution >= 4 is 11.9 Å². The van der Waals surface area contributed by atoms with E-state index in [0.717, 1.165) is 31.3 Å². The standard InChI is InChI=1S/C20H30O4/c1-5-17(21)23-12-18(22)24-20(8-13(2)3)15-6-14-7-16(20)11-19(4,9-14)10-15/h5,13-16H,1,6-12H2,2-4H3. The molecule has 4 fully saturated rings. The lowest BCUT2D eigenvalue weighted by Crippen LogP contribution is -2.62. The van der Waals surface area contributed by atoms with Gasteiger partial charge in [0.2, 0.25) is 0 Å². The first-order chi connectivity index (χ1) is 11.3. The summed E-state index contributed by atoms with van der Waals surface area (Å²) in [4.78, 5) is 23.6. The molecule has 4 aliphatic rings. The third-order valence-corrected chi connectivity index (χ3v) is 6.41. The Morgan fingerprint density at radius 1 is 1.21 bits per heavy atom. The highest BCUT2D eigenvalue weighted by Gasteiger charge is 2.62. The van der Waals surface area contributed by atoms with Gasteiger partial charge < -0.3 is 9.47 Å². The normalized spacial score (nSPS) is 39.8. The van der Waals surface area contributed by atoms with Gasteiger partial charge in [-0.15, -0.1) is 0 Å². The van der Waals surface area contributed by atoms with Crippen molar-refractivity contribution < 1.29 is 19.1 Å². The van der Waals surface area contributed by atoms with Gasteiger partial charge >= 0.3 is 11.9 Å². The van der Waals surface area contributed by atoms with E-state index in [1.807, 2.05) is 0 Å². The lowest BCUT2D eigenvalue weighted by Gasteiger charge is -2.64. The third kappa shape index (κ3) is 3.12. The number of carbonyl (C=O) groups excluding carboxylic acids is 2. The first-order valence-electron chi connectivity index (χ1n) is 9.27. The number of esters is 2. The summed E-state index contributed by atoms with van der Waals surface area (Å²) in [7, 11) is 0. The Morgan fingerprint density at radius 2 is 1.83 bits per heavy atom. The third-order valence-electron chi connectivity index (χ3n) is 6.41. The molecule has 0 N–H and O–H groups in total. The Kier molecular flexibility index (Phi) is 4.52. The van der Waals surface area contributed by atoms with E-state index in [0.29, 0.717) is 23.2 Å². The average Bonchev–Trinajstić information content (AvgIpc) is 2.48. The van der Waals surface area contributed by atoms with Crippen LogP contribution in [0.2, 0.25) is 0 Å². The van der Waals surface area contributed by atoms with Crippen molar-refractivity contribution in [2.45, 2.75) is 64.9 Å². The highest BCUT2D eigenvalue weighted by Crippen LogP contribution is 2.65. The number of hydrogen-bond acceptors (Lipinski definition) is 4. The summed E-state index contributed by atoms with van der Waals surface area (Å²) >= 11 is 0. The molecular weight excluding hydrogens is 304 g/mol. The van der Waals surface area contributed by atoms with Gasteiger partial charge in [0.25, 0.3) is 0 Å². The molecule has 4 rings (SSSR count). The fourth-order valence-corrected chi connectivity index (χ4v) is 6.06. The largest absolute Gasteiger partial charge is 0.456 e. The molecule has 4 nitrogen and oxygen atoms in total. The van der Waals surface area contributed by atoms with Gasteiger partial charge in [-0.2, -0.15) is 0 Å². The quantitative estimate of drug-likeness (QED) is 0.546. The van der Waals surface area contributed by atoms with Gasteiger partial charge in [-0.1, -0.05) is 27.4 Å². The summed E-state index contributed by atoms with van der Waals surface area (Å²) in [5.74, 6) is 1.18. The summed E-state index contributed by atoms with van der Waals surface area (Å²) in [5, 5.41) is 0. The van der Waals surface area contributed by atoms with Crippen molar-refractivity contribution in [1.29, 1.82) is 0 Å². The van der Waals surface area contributed by atoms with Crippen molar-refractivity contribution in [3.8, 4) is 0 Å². The van der Waals surface area contributed by atoms with Crippen LogP contribution in [0.1, 0.15) is 59.3 Å². The summed E-state index contributed by atoms with van der Waals surface area (Å²) in [5.41, 5.74) is 0.0704. The fourth-order valence-electron chi connectivity index (χ4n) is 6.06. The monoisotopic (exact) mass is 334 g/mol. The van der Waals surface area contributed by atoms with Crippen LogP contribution in [-0.4, -0.2) is 24.1 Å². The topological polar surface area (TPSA) is 52.6 Å². The van der Waals surface area contributed by atoms with Crippen molar-refractivity contribution in [1.82, 2.24) is 0 Å². The van der Waals surface area contributed by atoms with Crippen molar-refractivity contribution in [3.63, 3.8) is 0 Å². The molecule has 0 saturated heterocycles. The molecule has 24 heavy (non-hydrogen) atoms. The lowest BCUT2D eigenvalue weighted by molar-refractivity contribution is -0.230. The van der Waals surface area contributed by atoms with E-state index in [9.17, 15) is 9.59 Å². The second-order valence-electron chi connectivity index (χ2n) is 8.99. The molecule has 0 aliphatic heterocycles. The molecule has 4 saturated carbocycles. The van der Waals surface area contributed by atoms with Gasteiger partial charge in [-0.25, -0.2) is 9.59 Å². The van der Waals surface area contributed by atoms with Gasteiger partial charge in [0.15, 0.2) is 6.61 Å². The maximum Gasteiger partial charge on any atom is 0.344 e. The average molecular weight is 334 g/mol. The first-order valence-corrected chi connectivity index (χ1v) is 9.27. The minimum Gasteiger partial charge on any atom is -0.456 e. The molecule has 0 aromatic heterocycles. The highest BCUT2D eigenvalue weighted by molar-refractivity contribution is 5.83. The maximum atomic E-state index is 12.4. The summed E-state index contributed by atoms with van der Waals surface area (Å²) in [6.45, 7) is 9.83. The van der Waals surface area contributed by atoms with Crippen LogP contribution in [0.5, 0.6) is 0 Å². The fraction of sp³-hybridized carbons (Fsp3) is 0.800. The molecule has 134 valence electrons. The Bertz CT molecular complexity index is 520. The van der Waals surface area contributed by atoms with Crippen molar-refractivity contribution in [2.75, 3.05) is 6.61 Å². The molecule has 0 radical (unpaired) electrons. The predicted molar refractivity (Wildman–Crippen MR) is 91.1 cm³/mol. The van der Waals surface area contributed by atoms with E-state index in [2.05, 4.69) is 27.4 Å². The number of ether oxygens (including phenoxy) is 2. The van der Waals surface area contributed by atoms with Crippen LogP contribution in [0.4, 0.5) is 0 Å². The van der Waals surface area contributed by atoms with Gasteiger partial charge in [-0.05, 0) is 67.6 Å². The minimum atomic E-state index is -0.581. The van der Waals surface area contributed by atoms with E-state index in [1.54, 1.807) is 0 Å². The smallest absolute Gasteiger partial charge is 0.344 e. The molecule has 2 unspecified atom stereocenters. The summed E-state index contributed by atoms with van der Waals surface area (Å²) in [6, 6.07) is 0. The first kappa shape index (κ1) is 17.5. The van der Waals surface area contributed by atoms with Crippen LogP contribution >= 0.6 is 0 Å². The zero-order valence-electron chi connectivity index (χ0n) is 15.2. The minimum absolute atomic E-state index is 0.315. The molecule has 2 atom stereocenters. The Labute approximate surface area is 145 Å². The summed E-state index contributed by atoms with van der Waals surface area (Å²) < 4.78 is 11.0. The predicted octanol–water partition coefficient (Wildman–Crippen LogP) is 3.89. The van der Waals surface area contributed by atoms with Crippen LogP contribution in [0.3, 0.4) is 0 Å². The molecule has 4 bridgehead atoms. The van der Waals surface area contributed by atoms with Crippen LogP contribution < -0.4 is 0 Å². The van der Waals surface area contributed by atoms with E-state index < -0.39 is 11.9 Å². The maximum absolute atomic E-state index is 12.4. The van der Waals surface area contributed by atoms with Crippen LogP contribution in [0.25, 0.3) is 0 Å². The van der Waals surface area contributed by atoms with E-state index in [4.69, 9.17) is 9.47 Å². The molecule has 0 heterocycles. The molecule has 4 heteroatoms. The molecular formula is C20H30O4. The zero-order chi connectivity index (χ0) is 17.5. The zero-order valence-corrected chi connectivity index (χ0v) is 15.2. The Balaban J connectivity index is 1.77. The number of hydrogen-bond donors (Lipinski definition) is 0. The molecule has 0 spiro atoms. The van der Waals surface area contributed by atoms with Crippen molar-refractivity contribution in [2.24, 2.45) is 29.1 Å². The second-order valence-corrected chi connectivity index (χ2v) is 8.99. The van der Waals surface area contributed by atoms with Gasteiger partial charge in [0, 0.05) is 6.08 Å². The van der Waals surface area contributed by atoms with E-state index >= 15 is 0 Å². The van der Waals surface area contributed by atoms with Gasteiger partial charge in [0.05, 0.1) is 0 Å². The van der Waals surface area contributed by atoms with Crippen LogP contribution in [-0.2, 0) is 19.1 Å². The highest BCUT2D eigenvalue weighted by atomic mass is 16.6. The van der Waals surface area contributed by atoms with Crippen LogP contribution in [0, 0.1) is 29.1 Å². The number of carbonyl (C=O) groups is 2. The SMILES string of the molecule is C=CC(=O)OCC(=O)OC1(CC(C)C)C2CC3CC1CC(C)(C3)C2. The molecule has 0 amide bonds. The molecule has 4 aliphatic carbocycles. The van der Waals surface area contributed by atoms with E-state index in [-0.39, 0.29) is 12.2 Å². The van der Waals surface area contributed by atoms with Gasteiger partial charge in [0.1, 0.15) is 5.60 Å². The second kappa shape index (κ2) is 6.20. The Morgan fingerprint density at radius 3 is 2.33 bits per heavy atom. The van der Waals surface area contributed by atoms with Crippen molar-refractivity contribution in [3.05, 3.63) is 12.7 Å².